The van der Waals surface area contributed by atoms with Crippen LogP contribution in [0.2, 0.25) is 0 Å². The molecule has 6 heteroatoms. The number of rotatable bonds is 4. The third-order valence-corrected chi connectivity index (χ3v) is 5.23. The molecule has 1 aromatic rings. The van der Waals surface area contributed by atoms with E-state index >= 15 is 0 Å². The minimum absolute atomic E-state index is 0.116. The Hall–Kier alpha value is 0.0900. The van der Waals surface area contributed by atoms with Crippen molar-refractivity contribution in [2.75, 3.05) is 19.1 Å². The highest BCUT2D eigenvalue weighted by molar-refractivity contribution is 9.11. The summed E-state index contributed by atoms with van der Waals surface area (Å²) < 4.78 is 23.5. The van der Waals surface area contributed by atoms with Crippen molar-refractivity contribution in [1.29, 1.82) is 0 Å². The molecule has 1 unspecified atom stereocenters. The molecular weight excluding hydrogens is 298 g/mol. The van der Waals surface area contributed by atoms with Gasteiger partial charge in [-0.2, -0.15) is 0 Å². The Kier molecular flexibility index (Phi) is 4.34. The monoisotopic (exact) mass is 311 g/mol. The van der Waals surface area contributed by atoms with Crippen molar-refractivity contribution in [2.24, 2.45) is 0 Å². The van der Waals surface area contributed by atoms with Crippen molar-refractivity contribution in [3.63, 3.8) is 0 Å². The van der Waals surface area contributed by atoms with E-state index in [1.54, 1.807) is 18.4 Å². The number of thiophene rings is 1. The first kappa shape index (κ1) is 13.2. The lowest BCUT2D eigenvalue weighted by Gasteiger charge is -2.12. The zero-order valence-electron chi connectivity index (χ0n) is 8.87. The lowest BCUT2D eigenvalue weighted by Crippen LogP contribution is -2.23. The van der Waals surface area contributed by atoms with Crippen LogP contribution in [0.4, 0.5) is 0 Å². The van der Waals surface area contributed by atoms with Gasteiger partial charge in [-0.05, 0) is 41.5 Å². The maximum absolute atomic E-state index is 11.2. The molecule has 1 N–H and O–H groups in total. The Morgan fingerprint density at radius 1 is 1.60 bits per heavy atom. The van der Waals surface area contributed by atoms with Crippen LogP contribution in [-0.2, 0) is 9.84 Å². The first-order valence-corrected chi connectivity index (χ1v) is 8.11. The summed E-state index contributed by atoms with van der Waals surface area (Å²) >= 11 is 5.01. The van der Waals surface area contributed by atoms with Crippen molar-refractivity contribution in [3.8, 4) is 0 Å². The molecule has 0 aliphatic rings. The smallest absolute Gasteiger partial charge is 0.149 e. The summed E-state index contributed by atoms with van der Waals surface area (Å²) in [5.74, 6) is 0.135. The van der Waals surface area contributed by atoms with E-state index in [4.69, 9.17) is 0 Å². The third kappa shape index (κ3) is 3.86. The van der Waals surface area contributed by atoms with Crippen molar-refractivity contribution in [3.05, 3.63) is 20.3 Å². The maximum Gasteiger partial charge on any atom is 0.149 e. The van der Waals surface area contributed by atoms with Crippen molar-refractivity contribution < 1.29 is 8.42 Å². The van der Waals surface area contributed by atoms with Gasteiger partial charge in [-0.15, -0.1) is 11.3 Å². The fourth-order valence-corrected chi connectivity index (χ4v) is 4.00. The van der Waals surface area contributed by atoms with Gasteiger partial charge in [0.25, 0.3) is 0 Å². The Labute approximate surface area is 103 Å². The highest BCUT2D eigenvalue weighted by atomic mass is 79.9. The second-order valence-electron chi connectivity index (χ2n) is 3.54. The molecule has 0 fully saturated rings. The van der Waals surface area contributed by atoms with Gasteiger partial charge in [0.2, 0.25) is 0 Å². The molecule has 0 saturated heterocycles. The molecule has 0 radical (unpaired) electrons. The van der Waals surface area contributed by atoms with Crippen molar-refractivity contribution >= 4 is 37.1 Å². The van der Waals surface area contributed by atoms with Crippen LogP contribution < -0.4 is 5.32 Å². The van der Waals surface area contributed by atoms with Gasteiger partial charge in [-0.1, -0.05) is 0 Å². The second kappa shape index (κ2) is 4.95. The molecule has 0 amide bonds. The molecule has 1 atom stereocenters. The molecule has 0 bridgehead atoms. The molecule has 0 aromatic carbocycles. The van der Waals surface area contributed by atoms with Gasteiger partial charge in [0.15, 0.2) is 0 Å². The van der Waals surface area contributed by atoms with Crippen LogP contribution in [0, 0.1) is 6.92 Å². The molecule has 86 valence electrons. The molecule has 1 heterocycles. The Morgan fingerprint density at radius 3 is 2.53 bits per heavy atom. The Morgan fingerprint density at radius 2 is 2.20 bits per heavy atom. The van der Waals surface area contributed by atoms with Crippen LogP contribution in [0.3, 0.4) is 0 Å². The lowest BCUT2D eigenvalue weighted by atomic mass is 10.2. The fourth-order valence-electron chi connectivity index (χ4n) is 1.27. The van der Waals surface area contributed by atoms with Gasteiger partial charge in [0.1, 0.15) is 9.84 Å². The summed E-state index contributed by atoms with van der Waals surface area (Å²) in [5, 5.41) is 3.03. The number of hydrogen-bond acceptors (Lipinski definition) is 4. The normalized spacial score (nSPS) is 14.1. The number of sulfone groups is 1. The van der Waals surface area contributed by atoms with Crippen LogP contribution >= 0.6 is 27.3 Å². The van der Waals surface area contributed by atoms with Gasteiger partial charge in [0, 0.05) is 11.1 Å². The highest BCUT2D eigenvalue weighted by Gasteiger charge is 2.18. The van der Waals surface area contributed by atoms with E-state index in [2.05, 4.69) is 21.2 Å². The summed E-state index contributed by atoms with van der Waals surface area (Å²) in [6.45, 7) is 2.00. The number of aryl methyl sites for hydroxylation is 1. The SMILES string of the molecule is CNC(CS(C)(=O)=O)c1cc(C)c(Br)s1. The van der Waals surface area contributed by atoms with Crippen molar-refractivity contribution in [2.45, 2.75) is 13.0 Å². The molecule has 0 spiro atoms. The average molecular weight is 312 g/mol. The number of halogens is 1. The molecule has 3 nitrogen and oxygen atoms in total. The molecule has 15 heavy (non-hydrogen) atoms. The van der Waals surface area contributed by atoms with Gasteiger partial charge in [0.05, 0.1) is 15.6 Å². The second-order valence-corrected chi connectivity index (χ2v) is 8.13. The summed E-state index contributed by atoms with van der Waals surface area (Å²) in [6.07, 6.45) is 1.26. The zero-order valence-corrected chi connectivity index (χ0v) is 12.1. The van der Waals surface area contributed by atoms with Crippen LogP contribution in [0.25, 0.3) is 0 Å². The standard InChI is InChI=1S/C9H14BrNO2S2/c1-6-4-8(14-9(6)10)7(11-2)5-15(3,12)13/h4,7,11H,5H2,1-3H3. The quantitative estimate of drug-likeness (QED) is 0.926. The van der Waals surface area contributed by atoms with Crippen LogP contribution in [0.1, 0.15) is 16.5 Å². The van der Waals surface area contributed by atoms with E-state index in [-0.39, 0.29) is 11.8 Å². The number of hydrogen-bond donors (Lipinski definition) is 1. The zero-order chi connectivity index (χ0) is 11.6. The van der Waals surface area contributed by atoms with E-state index in [1.165, 1.54) is 6.26 Å². The summed E-state index contributed by atoms with van der Waals surface area (Å²) in [4.78, 5) is 1.05. The van der Waals surface area contributed by atoms with Crippen LogP contribution in [0.15, 0.2) is 9.85 Å². The molecular formula is C9H14BrNO2S2. The minimum Gasteiger partial charge on any atom is -0.311 e. The highest BCUT2D eigenvalue weighted by Crippen LogP contribution is 2.31. The predicted molar refractivity (Wildman–Crippen MR) is 68.3 cm³/mol. The number of nitrogens with one attached hydrogen (secondary N) is 1. The minimum atomic E-state index is -2.96. The Bertz CT molecular complexity index is 419. The van der Waals surface area contributed by atoms with Crippen LogP contribution in [-0.4, -0.2) is 27.5 Å². The predicted octanol–water partition coefficient (Wildman–Crippen LogP) is 2.12. The first-order valence-electron chi connectivity index (χ1n) is 4.44. The average Bonchev–Trinajstić information content (AvgIpc) is 2.41. The van der Waals surface area contributed by atoms with Crippen LogP contribution in [0.5, 0.6) is 0 Å². The van der Waals surface area contributed by atoms with E-state index < -0.39 is 9.84 Å². The van der Waals surface area contributed by atoms with Gasteiger partial charge in [-0.3, -0.25) is 0 Å². The van der Waals surface area contributed by atoms with Crippen molar-refractivity contribution in [1.82, 2.24) is 5.32 Å². The molecule has 1 rings (SSSR count). The molecule has 0 aliphatic heterocycles. The molecule has 0 saturated carbocycles. The Balaban J connectivity index is 2.93. The fraction of sp³-hybridized carbons (Fsp3) is 0.556. The summed E-state index contributed by atoms with van der Waals surface area (Å²) in [6, 6.07) is 1.90. The van der Waals surface area contributed by atoms with Gasteiger partial charge < -0.3 is 5.32 Å². The molecule has 1 aromatic heterocycles. The topological polar surface area (TPSA) is 46.2 Å². The lowest BCUT2D eigenvalue weighted by molar-refractivity contribution is 0.582. The first-order chi connectivity index (χ1) is 6.83. The third-order valence-electron chi connectivity index (χ3n) is 2.04. The van der Waals surface area contributed by atoms with E-state index in [1.807, 2.05) is 13.0 Å². The van der Waals surface area contributed by atoms with E-state index in [0.717, 1.165) is 14.2 Å². The largest absolute Gasteiger partial charge is 0.311 e. The summed E-state index contributed by atoms with van der Waals surface area (Å²) in [5.41, 5.74) is 1.14. The summed E-state index contributed by atoms with van der Waals surface area (Å²) in [7, 11) is -1.18. The van der Waals surface area contributed by atoms with Gasteiger partial charge in [-0.25, -0.2) is 8.42 Å². The van der Waals surface area contributed by atoms with E-state index in [9.17, 15) is 8.42 Å². The maximum atomic E-state index is 11.2. The van der Waals surface area contributed by atoms with Gasteiger partial charge >= 0.3 is 0 Å². The van der Waals surface area contributed by atoms with E-state index in [0.29, 0.717) is 0 Å². The molecule has 0 aliphatic carbocycles.